The van der Waals surface area contributed by atoms with Crippen LogP contribution in [0.2, 0.25) is 0 Å². The Morgan fingerprint density at radius 1 is 1.14 bits per heavy atom. The van der Waals surface area contributed by atoms with Crippen LogP contribution in [0.4, 0.5) is 4.39 Å². The monoisotopic (exact) mass is 374 g/mol. The van der Waals surface area contributed by atoms with E-state index in [-0.39, 0.29) is 23.2 Å². The molecule has 0 atom stereocenters. The Balaban J connectivity index is 1.72. The number of ketones is 1. The Morgan fingerprint density at radius 3 is 2.79 bits per heavy atom. The second-order valence-corrected chi connectivity index (χ2v) is 6.42. The number of nitrogens with zero attached hydrogens (tertiary/aromatic N) is 4. The van der Waals surface area contributed by atoms with Crippen LogP contribution in [-0.2, 0) is 13.1 Å². The standard InChI is InChI=1S/C21H15FN4O2/c22-14-6-7-16-18(10-14)24-13-26(21(16)28)12-20(27)17-11-25(9-3-8-23)19-5-2-1-4-15(17)19/h1-2,4-7,10-11,13H,3,9,12H2. The van der Waals surface area contributed by atoms with E-state index in [1.54, 1.807) is 6.20 Å². The molecule has 0 saturated carbocycles. The number of aromatic nitrogens is 3. The number of halogens is 1. The number of hydrogen-bond donors (Lipinski definition) is 0. The molecule has 4 rings (SSSR count). The Morgan fingerprint density at radius 2 is 1.96 bits per heavy atom. The number of carbonyl (C=O) groups is 1. The molecular weight excluding hydrogens is 359 g/mol. The number of aryl methyl sites for hydroxylation is 1. The predicted octanol–water partition coefficient (Wildman–Crippen LogP) is 3.29. The molecular formula is C21H15FN4O2. The van der Waals surface area contributed by atoms with E-state index in [0.29, 0.717) is 18.5 Å². The topological polar surface area (TPSA) is 80.7 Å². The first kappa shape index (κ1) is 17.6. The zero-order chi connectivity index (χ0) is 19.7. The van der Waals surface area contributed by atoms with Gasteiger partial charge in [-0.3, -0.25) is 14.2 Å². The molecule has 0 amide bonds. The van der Waals surface area contributed by atoms with Crippen molar-refractivity contribution in [2.75, 3.05) is 0 Å². The van der Waals surface area contributed by atoms with Crippen LogP contribution < -0.4 is 5.56 Å². The van der Waals surface area contributed by atoms with Gasteiger partial charge in [0, 0.05) is 35.3 Å². The average Bonchev–Trinajstić information content (AvgIpc) is 3.07. The van der Waals surface area contributed by atoms with E-state index in [1.165, 1.54) is 29.1 Å². The zero-order valence-corrected chi connectivity index (χ0v) is 14.8. The van der Waals surface area contributed by atoms with E-state index >= 15 is 0 Å². The number of hydrogen-bond acceptors (Lipinski definition) is 4. The summed E-state index contributed by atoms with van der Waals surface area (Å²) in [5.41, 5.74) is 1.20. The number of para-hydroxylation sites is 1. The molecule has 2 heterocycles. The first-order valence-electron chi connectivity index (χ1n) is 8.71. The number of carbonyl (C=O) groups excluding carboxylic acids is 1. The third kappa shape index (κ3) is 3.05. The first-order valence-corrected chi connectivity index (χ1v) is 8.71. The summed E-state index contributed by atoms with van der Waals surface area (Å²) in [6.07, 6.45) is 3.31. The zero-order valence-electron chi connectivity index (χ0n) is 14.8. The van der Waals surface area contributed by atoms with Crippen molar-refractivity contribution in [1.82, 2.24) is 14.1 Å². The molecule has 0 fully saturated rings. The molecule has 0 bridgehead atoms. The molecule has 7 heteroatoms. The normalized spacial score (nSPS) is 11.0. The molecule has 2 aromatic carbocycles. The quantitative estimate of drug-likeness (QED) is 0.502. The summed E-state index contributed by atoms with van der Waals surface area (Å²) < 4.78 is 16.4. The SMILES string of the molecule is N#CCCn1cc(C(=O)Cn2cnc3cc(F)ccc3c2=O)c2ccccc21. The third-order valence-corrected chi connectivity index (χ3v) is 4.65. The second kappa shape index (κ2) is 7.08. The maximum atomic E-state index is 13.3. The van der Waals surface area contributed by atoms with Gasteiger partial charge in [0.15, 0.2) is 5.78 Å². The largest absolute Gasteiger partial charge is 0.346 e. The van der Waals surface area contributed by atoms with E-state index in [9.17, 15) is 14.0 Å². The molecule has 2 aromatic heterocycles. The molecule has 28 heavy (non-hydrogen) atoms. The Kier molecular flexibility index (Phi) is 4.45. The molecule has 0 aliphatic rings. The number of rotatable bonds is 5. The van der Waals surface area contributed by atoms with Crippen molar-refractivity contribution in [3.05, 3.63) is 76.7 Å². The highest BCUT2D eigenvalue weighted by molar-refractivity contribution is 6.08. The molecule has 4 aromatic rings. The van der Waals surface area contributed by atoms with Crippen LogP contribution in [0, 0.1) is 17.1 Å². The van der Waals surface area contributed by atoms with Gasteiger partial charge >= 0.3 is 0 Å². The van der Waals surface area contributed by atoms with Crippen molar-refractivity contribution in [3.63, 3.8) is 0 Å². The van der Waals surface area contributed by atoms with Crippen molar-refractivity contribution in [1.29, 1.82) is 5.26 Å². The molecule has 0 radical (unpaired) electrons. The van der Waals surface area contributed by atoms with Crippen LogP contribution in [0.3, 0.4) is 0 Å². The van der Waals surface area contributed by atoms with E-state index in [0.717, 1.165) is 10.9 Å². The van der Waals surface area contributed by atoms with E-state index in [4.69, 9.17) is 5.26 Å². The number of benzene rings is 2. The van der Waals surface area contributed by atoms with Crippen LogP contribution in [0.5, 0.6) is 0 Å². The van der Waals surface area contributed by atoms with Gasteiger partial charge in [0.25, 0.3) is 5.56 Å². The first-order chi connectivity index (χ1) is 13.6. The second-order valence-electron chi connectivity index (χ2n) is 6.42. The Bertz CT molecular complexity index is 1310. The van der Waals surface area contributed by atoms with Gasteiger partial charge in [-0.25, -0.2) is 9.37 Å². The van der Waals surface area contributed by atoms with Crippen LogP contribution in [-0.4, -0.2) is 19.9 Å². The number of Topliss-reactive ketones (excluding diaryl/α,β-unsaturated/α-hetero) is 1. The van der Waals surface area contributed by atoms with Gasteiger partial charge in [-0.2, -0.15) is 5.26 Å². The lowest BCUT2D eigenvalue weighted by atomic mass is 10.1. The molecule has 0 unspecified atom stereocenters. The highest BCUT2D eigenvalue weighted by atomic mass is 19.1. The minimum atomic E-state index is -0.474. The van der Waals surface area contributed by atoms with Crippen molar-refractivity contribution in [2.45, 2.75) is 19.5 Å². The van der Waals surface area contributed by atoms with Crippen LogP contribution in [0.1, 0.15) is 16.8 Å². The van der Waals surface area contributed by atoms with E-state index in [2.05, 4.69) is 11.1 Å². The average molecular weight is 374 g/mol. The molecule has 0 aliphatic heterocycles. The summed E-state index contributed by atoms with van der Waals surface area (Å²) in [6, 6.07) is 13.3. The van der Waals surface area contributed by atoms with Crippen LogP contribution in [0.25, 0.3) is 21.8 Å². The fourth-order valence-corrected chi connectivity index (χ4v) is 3.31. The Hall–Kier alpha value is -3.79. The highest BCUT2D eigenvalue weighted by Gasteiger charge is 2.16. The summed E-state index contributed by atoms with van der Waals surface area (Å²) in [7, 11) is 0. The predicted molar refractivity (Wildman–Crippen MR) is 102 cm³/mol. The summed E-state index contributed by atoms with van der Waals surface area (Å²) in [5.74, 6) is -0.712. The van der Waals surface area contributed by atoms with Gasteiger partial charge in [0.1, 0.15) is 5.82 Å². The van der Waals surface area contributed by atoms with E-state index < -0.39 is 11.4 Å². The number of nitriles is 1. The van der Waals surface area contributed by atoms with Crippen LogP contribution in [0.15, 0.2) is 59.8 Å². The lowest BCUT2D eigenvalue weighted by Crippen LogP contribution is -2.24. The van der Waals surface area contributed by atoms with Crippen molar-refractivity contribution >= 4 is 27.6 Å². The fourth-order valence-electron chi connectivity index (χ4n) is 3.31. The van der Waals surface area contributed by atoms with Gasteiger partial charge in [-0.05, 0) is 18.2 Å². The molecule has 0 saturated heterocycles. The van der Waals surface area contributed by atoms with Gasteiger partial charge < -0.3 is 4.57 Å². The third-order valence-electron chi connectivity index (χ3n) is 4.65. The van der Waals surface area contributed by atoms with Crippen molar-refractivity contribution < 1.29 is 9.18 Å². The molecule has 0 aliphatic carbocycles. The summed E-state index contributed by atoms with van der Waals surface area (Å²) in [5, 5.41) is 9.88. The molecule has 0 spiro atoms. The smallest absolute Gasteiger partial charge is 0.261 e. The lowest BCUT2D eigenvalue weighted by molar-refractivity contribution is 0.0972. The fraction of sp³-hybridized carbons (Fsp3) is 0.143. The van der Waals surface area contributed by atoms with Crippen molar-refractivity contribution in [3.8, 4) is 6.07 Å². The molecule has 6 nitrogen and oxygen atoms in total. The maximum absolute atomic E-state index is 13.3. The van der Waals surface area contributed by atoms with Gasteiger partial charge in [-0.15, -0.1) is 0 Å². The summed E-state index contributed by atoms with van der Waals surface area (Å²) in [4.78, 5) is 29.6. The lowest BCUT2D eigenvalue weighted by Gasteiger charge is -2.06. The molecule has 138 valence electrons. The number of fused-ring (bicyclic) bond motifs is 2. The summed E-state index contributed by atoms with van der Waals surface area (Å²) >= 11 is 0. The Labute approximate surface area is 159 Å². The van der Waals surface area contributed by atoms with E-state index in [1.807, 2.05) is 28.8 Å². The summed E-state index contributed by atoms with van der Waals surface area (Å²) in [6.45, 7) is 0.304. The van der Waals surface area contributed by atoms with Crippen LogP contribution >= 0.6 is 0 Å². The maximum Gasteiger partial charge on any atom is 0.261 e. The van der Waals surface area contributed by atoms with Crippen molar-refractivity contribution in [2.24, 2.45) is 0 Å². The highest BCUT2D eigenvalue weighted by Crippen LogP contribution is 2.22. The minimum Gasteiger partial charge on any atom is -0.346 e. The molecule has 0 N–H and O–H groups in total. The minimum absolute atomic E-state index is 0.175. The van der Waals surface area contributed by atoms with Gasteiger partial charge in [0.05, 0.1) is 36.3 Å². The van der Waals surface area contributed by atoms with Gasteiger partial charge in [0.2, 0.25) is 0 Å². The van der Waals surface area contributed by atoms with Gasteiger partial charge in [-0.1, -0.05) is 18.2 Å².